The van der Waals surface area contributed by atoms with Crippen LogP contribution in [0.25, 0.3) is 5.69 Å². The number of sulfone groups is 1. The van der Waals surface area contributed by atoms with Crippen LogP contribution in [0.1, 0.15) is 29.0 Å². The van der Waals surface area contributed by atoms with Gasteiger partial charge < -0.3 is 10.0 Å². The number of phenolic OH excluding ortho intramolecular Hbond substituents is 1. The molecule has 0 atom stereocenters. The third-order valence-corrected chi connectivity index (χ3v) is 7.55. The number of amides is 1. The number of piperidine rings is 1. The summed E-state index contributed by atoms with van der Waals surface area (Å²) in [6, 6.07) is 15.0. The van der Waals surface area contributed by atoms with E-state index in [2.05, 4.69) is 10.2 Å². The van der Waals surface area contributed by atoms with Gasteiger partial charge in [0.15, 0.2) is 15.5 Å². The van der Waals surface area contributed by atoms with Gasteiger partial charge in [0.05, 0.1) is 21.5 Å². The second-order valence-corrected chi connectivity index (χ2v) is 9.52. The molecule has 1 N–H and O–H groups in total. The van der Waals surface area contributed by atoms with Crippen molar-refractivity contribution >= 4 is 15.7 Å². The Hall–Kier alpha value is -3.20. The quantitative estimate of drug-likeness (QED) is 0.687. The topological polar surface area (TPSA) is 105 Å². The van der Waals surface area contributed by atoms with Gasteiger partial charge in [0.25, 0.3) is 5.91 Å². The molecule has 1 aliphatic heterocycles. The zero-order chi connectivity index (χ0) is 21.3. The van der Waals surface area contributed by atoms with Crippen LogP contribution in [-0.4, -0.2) is 57.7 Å². The molecule has 2 heterocycles. The average Bonchev–Trinajstić information content (AvgIpc) is 3.15. The van der Waals surface area contributed by atoms with E-state index in [1.807, 2.05) is 30.3 Å². The summed E-state index contributed by atoms with van der Waals surface area (Å²) in [5, 5.41) is 17.7. The molecule has 30 heavy (non-hydrogen) atoms. The van der Waals surface area contributed by atoms with Gasteiger partial charge >= 0.3 is 0 Å². The Morgan fingerprint density at radius 3 is 2.40 bits per heavy atom. The van der Waals surface area contributed by atoms with E-state index in [-0.39, 0.29) is 22.2 Å². The Bertz CT molecular complexity index is 1170. The number of para-hydroxylation sites is 1. The maximum Gasteiger partial charge on any atom is 0.276 e. The van der Waals surface area contributed by atoms with Gasteiger partial charge in [-0.1, -0.05) is 24.3 Å². The van der Waals surface area contributed by atoms with Crippen molar-refractivity contribution in [3.63, 3.8) is 0 Å². The van der Waals surface area contributed by atoms with E-state index in [0.29, 0.717) is 31.6 Å². The Balaban J connectivity index is 1.47. The monoisotopic (exact) mass is 426 g/mol. The van der Waals surface area contributed by atoms with Crippen LogP contribution in [-0.2, 0) is 9.84 Å². The molecular formula is C21H22N4O4S. The Kier molecular flexibility index (Phi) is 5.29. The summed E-state index contributed by atoms with van der Waals surface area (Å²) in [5.41, 5.74) is 1.56. The third kappa shape index (κ3) is 3.80. The van der Waals surface area contributed by atoms with Gasteiger partial charge in [0.1, 0.15) is 5.75 Å². The summed E-state index contributed by atoms with van der Waals surface area (Å²) in [6.07, 6.45) is 0.658. The number of likely N-dealkylation sites (tertiary alicyclic amines) is 1. The lowest BCUT2D eigenvalue weighted by Gasteiger charge is -2.31. The van der Waals surface area contributed by atoms with Crippen molar-refractivity contribution in [2.75, 3.05) is 13.1 Å². The van der Waals surface area contributed by atoms with Gasteiger partial charge in [-0.15, -0.1) is 5.10 Å². The van der Waals surface area contributed by atoms with Crippen LogP contribution < -0.4 is 0 Å². The lowest BCUT2D eigenvalue weighted by molar-refractivity contribution is 0.0718. The zero-order valence-corrected chi connectivity index (χ0v) is 17.3. The molecule has 0 aliphatic carbocycles. The van der Waals surface area contributed by atoms with Crippen LogP contribution in [0.4, 0.5) is 0 Å². The first-order valence-corrected chi connectivity index (χ1v) is 11.2. The molecule has 3 aromatic rings. The summed E-state index contributed by atoms with van der Waals surface area (Å²) < 4.78 is 25.7. The fourth-order valence-corrected chi connectivity index (χ4v) is 5.39. The Morgan fingerprint density at radius 2 is 1.73 bits per heavy atom. The number of hydrogen-bond acceptors (Lipinski definition) is 6. The van der Waals surface area contributed by atoms with E-state index >= 15 is 0 Å². The van der Waals surface area contributed by atoms with Crippen molar-refractivity contribution in [3.8, 4) is 11.4 Å². The highest BCUT2D eigenvalue weighted by Gasteiger charge is 2.34. The average molecular weight is 426 g/mol. The van der Waals surface area contributed by atoms with E-state index < -0.39 is 15.1 Å². The lowest BCUT2D eigenvalue weighted by Crippen LogP contribution is -2.42. The van der Waals surface area contributed by atoms with Crippen LogP contribution in [0, 0.1) is 6.92 Å². The number of phenols is 1. The smallest absolute Gasteiger partial charge is 0.276 e. The van der Waals surface area contributed by atoms with Gasteiger partial charge in [-0.2, -0.15) is 9.90 Å². The number of rotatable bonds is 4. The van der Waals surface area contributed by atoms with Crippen molar-refractivity contribution in [3.05, 3.63) is 66.0 Å². The summed E-state index contributed by atoms with van der Waals surface area (Å²) in [5.74, 6) is -0.330. The van der Waals surface area contributed by atoms with Crippen molar-refractivity contribution in [1.82, 2.24) is 19.9 Å². The largest absolute Gasteiger partial charge is 0.508 e. The van der Waals surface area contributed by atoms with E-state index in [1.165, 1.54) is 29.1 Å². The van der Waals surface area contributed by atoms with E-state index in [0.717, 1.165) is 5.69 Å². The minimum atomic E-state index is -3.57. The normalized spacial score (nSPS) is 15.3. The second kappa shape index (κ2) is 7.91. The summed E-state index contributed by atoms with van der Waals surface area (Å²) in [4.78, 5) is 16.1. The van der Waals surface area contributed by atoms with E-state index in [1.54, 1.807) is 11.8 Å². The fraction of sp³-hybridized carbons (Fsp3) is 0.286. The highest BCUT2D eigenvalue weighted by molar-refractivity contribution is 7.92. The first-order chi connectivity index (χ1) is 14.4. The lowest BCUT2D eigenvalue weighted by atomic mass is 10.1. The zero-order valence-electron chi connectivity index (χ0n) is 16.5. The first-order valence-electron chi connectivity index (χ1n) is 9.68. The third-order valence-electron chi connectivity index (χ3n) is 5.29. The highest BCUT2D eigenvalue weighted by atomic mass is 32.2. The summed E-state index contributed by atoms with van der Waals surface area (Å²) >= 11 is 0. The molecule has 1 aromatic heterocycles. The summed E-state index contributed by atoms with van der Waals surface area (Å²) in [6.45, 7) is 2.37. The second-order valence-electron chi connectivity index (χ2n) is 7.29. The molecule has 156 valence electrons. The molecule has 1 aliphatic rings. The molecule has 0 unspecified atom stereocenters. The SMILES string of the molecule is Cc1nn(-c2ccccc2)nc1C(=O)N1CCC(S(=O)(=O)c2cccc(O)c2)CC1. The Morgan fingerprint density at radius 1 is 1.03 bits per heavy atom. The first kappa shape index (κ1) is 20.1. The van der Waals surface area contributed by atoms with Gasteiger partial charge in [0, 0.05) is 13.1 Å². The highest BCUT2D eigenvalue weighted by Crippen LogP contribution is 2.27. The van der Waals surface area contributed by atoms with Crippen molar-refractivity contribution in [2.24, 2.45) is 0 Å². The van der Waals surface area contributed by atoms with Crippen LogP contribution in [0.2, 0.25) is 0 Å². The van der Waals surface area contributed by atoms with Crippen LogP contribution in [0.3, 0.4) is 0 Å². The number of hydrogen-bond donors (Lipinski definition) is 1. The standard InChI is InChI=1S/C21H22N4O4S/c1-15-20(23-25(22-15)16-6-3-2-4-7-16)21(27)24-12-10-18(11-13-24)30(28,29)19-9-5-8-17(26)14-19/h2-9,14,18,26H,10-13H2,1H3. The number of aryl methyl sites for hydroxylation is 1. The van der Waals surface area contributed by atoms with Crippen LogP contribution in [0.15, 0.2) is 59.5 Å². The van der Waals surface area contributed by atoms with Crippen LogP contribution in [0.5, 0.6) is 5.75 Å². The molecule has 0 bridgehead atoms. The predicted molar refractivity (Wildman–Crippen MR) is 110 cm³/mol. The number of benzene rings is 2. The summed E-state index contributed by atoms with van der Waals surface area (Å²) in [7, 11) is -3.57. The van der Waals surface area contributed by atoms with Crippen molar-refractivity contribution in [2.45, 2.75) is 29.9 Å². The molecule has 1 amide bonds. The molecule has 0 spiro atoms. The van der Waals surface area contributed by atoms with Gasteiger partial charge in [0.2, 0.25) is 0 Å². The number of aromatic nitrogens is 3. The fourth-order valence-electron chi connectivity index (χ4n) is 3.63. The molecule has 0 saturated carbocycles. The molecular weight excluding hydrogens is 404 g/mol. The Labute approximate surface area is 174 Å². The van der Waals surface area contributed by atoms with Crippen LogP contribution >= 0.6 is 0 Å². The van der Waals surface area contributed by atoms with E-state index in [9.17, 15) is 18.3 Å². The maximum absolute atomic E-state index is 13.0. The van der Waals surface area contributed by atoms with Gasteiger partial charge in [-0.3, -0.25) is 4.79 Å². The minimum absolute atomic E-state index is 0.0827. The number of nitrogens with zero attached hydrogens (tertiary/aromatic N) is 4. The molecule has 1 fully saturated rings. The van der Waals surface area contributed by atoms with E-state index in [4.69, 9.17) is 0 Å². The molecule has 2 aromatic carbocycles. The molecule has 4 rings (SSSR count). The predicted octanol–water partition coefficient (Wildman–Crippen LogP) is 2.36. The van der Waals surface area contributed by atoms with Gasteiger partial charge in [-0.05, 0) is 50.1 Å². The van der Waals surface area contributed by atoms with Crippen molar-refractivity contribution in [1.29, 1.82) is 0 Å². The molecule has 9 heteroatoms. The number of carbonyl (C=O) groups excluding carboxylic acids is 1. The molecule has 1 saturated heterocycles. The van der Waals surface area contributed by atoms with Crippen molar-refractivity contribution < 1.29 is 18.3 Å². The molecule has 8 nitrogen and oxygen atoms in total. The molecule has 0 radical (unpaired) electrons. The minimum Gasteiger partial charge on any atom is -0.508 e. The van der Waals surface area contributed by atoms with Gasteiger partial charge in [-0.25, -0.2) is 8.42 Å². The maximum atomic E-state index is 13.0. The number of carbonyl (C=O) groups is 1. The number of aromatic hydroxyl groups is 1.